The van der Waals surface area contributed by atoms with Gasteiger partial charge in [0.05, 0.1) is 5.56 Å². The van der Waals surface area contributed by atoms with Crippen molar-refractivity contribution < 1.29 is 9.90 Å². The largest absolute Gasteiger partial charge is 0.507 e. The van der Waals surface area contributed by atoms with Gasteiger partial charge in [-0.05, 0) is 37.1 Å². The summed E-state index contributed by atoms with van der Waals surface area (Å²) < 4.78 is 0. The SMILES string of the molecule is Cc1cccc(C(=O)c2ccccc2O)c1C. The normalized spacial score (nSPS) is 10.2. The molecule has 0 aliphatic heterocycles. The van der Waals surface area contributed by atoms with E-state index in [1.54, 1.807) is 24.3 Å². The first-order chi connectivity index (χ1) is 8.11. The van der Waals surface area contributed by atoms with E-state index in [2.05, 4.69) is 0 Å². The van der Waals surface area contributed by atoms with Gasteiger partial charge in [-0.15, -0.1) is 0 Å². The molecule has 0 fully saturated rings. The molecule has 2 heteroatoms. The number of carbonyl (C=O) groups excluding carboxylic acids is 1. The van der Waals surface area contributed by atoms with Crippen molar-refractivity contribution in [2.24, 2.45) is 0 Å². The van der Waals surface area contributed by atoms with E-state index in [9.17, 15) is 9.90 Å². The van der Waals surface area contributed by atoms with Crippen LogP contribution in [0.2, 0.25) is 0 Å². The Labute approximate surface area is 101 Å². The van der Waals surface area contributed by atoms with Crippen LogP contribution in [0.5, 0.6) is 5.75 Å². The molecular weight excluding hydrogens is 212 g/mol. The van der Waals surface area contributed by atoms with Crippen LogP contribution in [0.25, 0.3) is 0 Å². The average molecular weight is 226 g/mol. The molecule has 0 radical (unpaired) electrons. The van der Waals surface area contributed by atoms with E-state index >= 15 is 0 Å². The van der Waals surface area contributed by atoms with Crippen LogP contribution in [0.15, 0.2) is 42.5 Å². The number of aromatic hydroxyl groups is 1. The number of ketones is 1. The number of hydrogen-bond acceptors (Lipinski definition) is 2. The molecule has 0 bridgehead atoms. The molecule has 1 N–H and O–H groups in total. The highest BCUT2D eigenvalue weighted by Gasteiger charge is 2.15. The maximum atomic E-state index is 12.3. The molecule has 0 amide bonds. The Kier molecular flexibility index (Phi) is 2.96. The van der Waals surface area contributed by atoms with Gasteiger partial charge >= 0.3 is 0 Å². The minimum atomic E-state index is -0.135. The molecule has 0 saturated heterocycles. The number of rotatable bonds is 2. The summed E-state index contributed by atoms with van der Waals surface area (Å²) in [5.41, 5.74) is 3.03. The van der Waals surface area contributed by atoms with Crippen LogP contribution in [0.3, 0.4) is 0 Å². The molecule has 0 aromatic heterocycles. The lowest BCUT2D eigenvalue weighted by atomic mass is 9.96. The highest BCUT2D eigenvalue weighted by atomic mass is 16.3. The minimum absolute atomic E-state index is 0.0263. The minimum Gasteiger partial charge on any atom is -0.507 e. The molecule has 0 aliphatic carbocycles. The Morgan fingerprint density at radius 1 is 0.941 bits per heavy atom. The molecule has 0 spiro atoms. The van der Waals surface area contributed by atoms with Gasteiger partial charge in [0.15, 0.2) is 5.78 Å². The van der Waals surface area contributed by atoms with Gasteiger partial charge in [0.2, 0.25) is 0 Å². The standard InChI is InChI=1S/C15H14O2/c1-10-6-5-8-12(11(10)2)15(17)13-7-3-4-9-14(13)16/h3-9,16H,1-2H3. The first-order valence-corrected chi connectivity index (χ1v) is 5.50. The zero-order valence-electron chi connectivity index (χ0n) is 9.90. The van der Waals surface area contributed by atoms with E-state index in [1.807, 2.05) is 26.0 Å². The molecule has 0 atom stereocenters. The van der Waals surface area contributed by atoms with Gasteiger partial charge in [-0.2, -0.15) is 0 Å². The zero-order chi connectivity index (χ0) is 12.4. The van der Waals surface area contributed by atoms with E-state index in [4.69, 9.17) is 0 Å². The third-order valence-electron chi connectivity index (χ3n) is 3.00. The zero-order valence-corrected chi connectivity index (χ0v) is 9.90. The van der Waals surface area contributed by atoms with Crippen molar-refractivity contribution >= 4 is 5.78 Å². The van der Waals surface area contributed by atoms with Crippen molar-refractivity contribution in [1.82, 2.24) is 0 Å². The number of carbonyl (C=O) groups is 1. The summed E-state index contributed by atoms with van der Waals surface area (Å²) in [5.74, 6) is -0.109. The summed E-state index contributed by atoms with van der Waals surface area (Å²) in [6, 6.07) is 12.2. The van der Waals surface area contributed by atoms with Crippen LogP contribution in [0.1, 0.15) is 27.0 Å². The van der Waals surface area contributed by atoms with Crippen LogP contribution < -0.4 is 0 Å². The monoisotopic (exact) mass is 226 g/mol. The van der Waals surface area contributed by atoms with E-state index in [-0.39, 0.29) is 11.5 Å². The Balaban J connectivity index is 2.52. The van der Waals surface area contributed by atoms with Crippen LogP contribution in [-0.2, 0) is 0 Å². The van der Waals surface area contributed by atoms with Gasteiger partial charge in [-0.1, -0.05) is 30.3 Å². The van der Waals surface area contributed by atoms with Crippen LogP contribution in [0, 0.1) is 13.8 Å². The van der Waals surface area contributed by atoms with Gasteiger partial charge in [-0.3, -0.25) is 4.79 Å². The predicted octanol–water partition coefficient (Wildman–Crippen LogP) is 3.24. The summed E-state index contributed by atoms with van der Waals surface area (Å²) >= 11 is 0. The van der Waals surface area contributed by atoms with Crippen molar-refractivity contribution in [3.63, 3.8) is 0 Å². The van der Waals surface area contributed by atoms with Crippen LogP contribution in [0.4, 0.5) is 0 Å². The van der Waals surface area contributed by atoms with Crippen molar-refractivity contribution in [2.75, 3.05) is 0 Å². The first-order valence-electron chi connectivity index (χ1n) is 5.50. The van der Waals surface area contributed by atoms with Crippen LogP contribution >= 0.6 is 0 Å². The molecule has 2 nitrogen and oxygen atoms in total. The van der Waals surface area contributed by atoms with Gasteiger partial charge in [0, 0.05) is 5.56 Å². The molecule has 0 unspecified atom stereocenters. The predicted molar refractivity (Wildman–Crippen MR) is 67.5 cm³/mol. The Bertz CT molecular complexity index is 571. The summed E-state index contributed by atoms with van der Waals surface area (Å²) in [4.78, 5) is 12.3. The smallest absolute Gasteiger partial charge is 0.197 e. The third kappa shape index (κ3) is 2.07. The highest BCUT2D eigenvalue weighted by molar-refractivity contribution is 6.11. The van der Waals surface area contributed by atoms with Crippen molar-refractivity contribution in [2.45, 2.75) is 13.8 Å². The third-order valence-corrected chi connectivity index (χ3v) is 3.00. The molecule has 0 heterocycles. The lowest BCUT2D eigenvalue weighted by molar-refractivity contribution is 0.103. The van der Waals surface area contributed by atoms with Gasteiger partial charge < -0.3 is 5.11 Å². The average Bonchev–Trinajstić information content (AvgIpc) is 2.32. The second kappa shape index (κ2) is 4.42. The Morgan fingerprint density at radius 3 is 2.29 bits per heavy atom. The topological polar surface area (TPSA) is 37.3 Å². The molecule has 0 aliphatic rings. The maximum Gasteiger partial charge on any atom is 0.197 e. The summed E-state index contributed by atoms with van der Waals surface area (Å²) in [7, 11) is 0. The van der Waals surface area contributed by atoms with Crippen molar-refractivity contribution in [1.29, 1.82) is 0 Å². The highest BCUT2D eigenvalue weighted by Crippen LogP contribution is 2.22. The molecular formula is C15H14O2. The number of para-hydroxylation sites is 1. The van der Waals surface area contributed by atoms with Crippen molar-refractivity contribution in [3.8, 4) is 5.75 Å². The van der Waals surface area contributed by atoms with E-state index in [1.165, 1.54) is 6.07 Å². The van der Waals surface area contributed by atoms with Crippen LogP contribution in [-0.4, -0.2) is 10.9 Å². The summed E-state index contributed by atoms with van der Waals surface area (Å²) in [5, 5.41) is 9.68. The molecule has 0 saturated carbocycles. The number of hydrogen-bond donors (Lipinski definition) is 1. The van der Waals surface area contributed by atoms with Crippen molar-refractivity contribution in [3.05, 3.63) is 64.7 Å². The Morgan fingerprint density at radius 2 is 1.59 bits per heavy atom. The number of phenolic OH excluding ortho intramolecular Hbond substituents is 1. The van der Waals surface area contributed by atoms with E-state index in [0.29, 0.717) is 11.1 Å². The second-order valence-corrected chi connectivity index (χ2v) is 4.09. The lowest BCUT2D eigenvalue weighted by Gasteiger charge is -2.08. The Hall–Kier alpha value is -2.09. The quantitative estimate of drug-likeness (QED) is 0.798. The second-order valence-electron chi connectivity index (χ2n) is 4.09. The first kappa shape index (κ1) is 11.4. The van der Waals surface area contributed by atoms with Gasteiger partial charge in [0.25, 0.3) is 0 Å². The fourth-order valence-corrected chi connectivity index (χ4v) is 1.81. The molecule has 86 valence electrons. The van der Waals surface area contributed by atoms with Gasteiger partial charge in [-0.25, -0.2) is 0 Å². The summed E-state index contributed by atoms with van der Waals surface area (Å²) in [6.07, 6.45) is 0. The fourth-order valence-electron chi connectivity index (χ4n) is 1.81. The van der Waals surface area contributed by atoms with E-state index < -0.39 is 0 Å². The molecule has 2 rings (SSSR count). The number of aryl methyl sites for hydroxylation is 1. The summed E-state index contributed by atoms with van der Waals surface area (Å²) in [6.45, 7) is 3.89. The lowest BCUT2D eigenvalue weighted by Crippen LogP contribution is -2.04. The molecule has 2 aromatic carbocycles. The maximum absolute atomic E-state index is 12.3. The number of benzene rings is 2. The van der Waals surface area contributed by atoms with Gasteiger partial charge in [0.1, 0.15) is 5.75 Å². The van der Waals surface area contributed by atoms with E-state index in [0.717, 1.165) is 11.1 Å². The molecule has 17 heavy (non-hydrogen) atoms. The number of phenols is 1. The molecule has 2 aromatic rings. The fraction of sp³-hybridized carbons (Fsp3) is 0.133.